The smallest absolute Gasteiger partial charge is 0.307 e. The molecule has 16 heteroatoms. The van der Waals surface area contributed by atoms with Crippen LogP contribution in [0, 0.1) is 34.4 Å². The number of amides is 1. The Bertz CT molecular complexity index is 2380. The number of carbonyl (C=O) groups excluding carboxylic acids is 5. The molecular formula is C46H56F2N4O10. The first-order valence-electron chi connectivity index (χ1n) is 21.7. The van der Waals surface area contributed by atoms with E-state index in [1.54, 1.807) is 25.3 Å². The molecule has 2 aromatic rings. The van der Waals surface area contributed by atoms with Crippen molar-refractivity contribution in [3.8, 4) is 5.75 Å². The van der Waals surface area contributed by atoms with E-state index in [0.717, 1.165) is 25.8 Å². The van der Waals surface area contributed by atoms with Gasteiger partial charge in [-0.2, -0.15) is 0 Å². The number of halogens is 2. The number of anilines is 1. The van der Waals surface area contributed by atoms with Crippen LogP contribution in [0.2, 0.25) is 0 Å². The van der Waals surface area contributed by atoms with Crippen molar-refractivity contribution in [1.29, 1.82) is 0 Å². The predicted octanol–water partition coefficient (Wildman–Crippen LogP) is 4.43. The number of aliphatic hydroxyl groups is 1. The van der Waals surface area contributed by atoms with E-state index in [-0.39, 0.29) is 66.1 Å². The van der Waals surface area contributed by atoms with Crippen molar-refractivity contribution in [2.24, 2.45) is 28.6 Å². The number of rotatable bonds is 11. The third-order valence-corrected chi connectivity index (χ3v) is 15.2. The van der Waals surface area contributed by atoms with Gasteiger partial charge in [0.05, 0.1) is 24.4 Å². The number of hydrogen-bond acceptors (Lipinski definition) is 12. The van der Waals surface area contributed by atoms with Crippen molar-refractivity contribution in [3.05, 3.63) is 57.7 Å². The van der Waals surface area contributed by atoms with Gasteiger partial charge in [0.2, 0.25) is 11.2 Å². The van der Waals surface area contributed by atoms with Crippen LogP contribution in [0.1, 0.15) is 96.0 Å². The second-order valence-corrected chi connectivity index (χ2v) is 18.8. The predicted molar refractivity (Wildman–Crippen MR) is 223 cm³/mol. The van der Waals surface area contributed by atoms with Gasteiger partial charge in [0.25, 0.3) is 5.91 Å². The van der Waals surface area contributed by atoms with Crippen LogP contribution in [0.25, 0.3) is 10.9 Å². The third kappa shape index (κ3) is 6.69. The van der Waals surface area contributed by atoms with Gasteiger partial charge in [-0.1, -0.05) is 25.5 Å². The van der Waals surface area contributed by atoms with Crippen LogP contribution in [0.4, 0.5) is 14.5 Å². The fourth-order valence-electron chi connectivity index (χ4n) is 12.0. The summed E-state index contributed by atoms with van der Waals surface area (Å²) in [7, 11) is 1.43. The quantitative estimate of drug-likeness (QED) is 0.271. The number of alkyl halides is 1. The molecule has 334 valence electrons. The fraction of sp³-hybridized carbons (Fsp3) is 0.609. The number of allylic oxidation sites excluding steroid dienone is 4. The van der Waals surface area contributed by atoms with E-state index in [4.69, 9.17) is 14.2 Å². The highest BCUT2D eigenvalue weighted by molar-refractivity contribution is 6.02. The van der Waals surface area contributed by atoms with Gasteiger partial charge in [-0.15, -0.1) is 0 Å². The maximum absolute atomic E-state index is 18.6. The summed E-state index contributed by atoms with van der Waals surface area (Å²) in [4.78, 5) is 81.4. The van der Waals surface area contributed by atoms with E-state index in [1.165, 1.54) is 31.5 Å². The normalized spacial score (nSPS) is 33.8. The molecular weight excluding hydrogens is 807 g/mol. The number of benzene rings is 1. The largest absolute Gasteiger partial charge is 0.492 e. The molecule has 5 aliphatic carbocycles. The van der Waals surface area contributed by atoms with Gasteiger partial charge in [0.15, 0.2) is 29.6 Å². The Morgan fingerprint density at radius 3 is 2.52 bits per heavy atom. The zero-order valence-electron chi connectivity index (χ0n) is 36.1. The molecule has 9 atom stereocenters. The number of nitrogens with one attached hydrogen (secondary N) is 2. The molecule has 3 N–H and O–H groups in total. The van der Waals surface area contributed by atoms with Crippen molar-refractivity contribution < 1.29 is 52.1 Å². The molecule has 6 aliphatic rings. The Morgan fingerprint density at radius 2 is 1.84 bits per heavy atom. The van der Waals surface area contributed by atoms with E-state index in [1.807, 2.05) is 11.8 Å². The van der Waals surface area contributed by atoms with Crippen molar-refractivity contribution in [2.45, 2.75) is 109 Å². The number of ether oxygens (including phenoxy) is 3. The van der Waals surface area contributed by atoms with Crippen LogP contribution in [0.15, 0.2) is 40.9 Å². The van der Waals surface area contributed by atoms with Gasteiger partial charge in [0.1, 0.15) is 23.0 Å². The van der Waals surface area contributed by atoms with Gasteiger partial charge in [-0.05, 0) is 82.4 Å². The Labute approximate surface area is 358 Å². The molecule has 4 saturated carbocycles. The molecule has 2 heterocycles. The summed E-state index contributed by atoms with van der Waals surface area (Å²) in [6, 6.07) is 1.21. The molecule has 1 amide bonds. The Kier molecular flexibility index (Phi) is 11.0. The number of Topliss-reactive ketones (excluding diaryl/α,β-unsaturated/α-hetero) is 1. The summed E-state index contributed by atoms with van der Waals surface area (Å²) in [6.45, 7) is 8.96. The molecule has 3 unspecified atom stereocenters. The molecule has 0 spiro atoms. The number of aromatic nitrogens is 1. The summed E-state index contributed by atoms with van der Waals surface area (Å²) >= 11 is 0. The summed E-state index contributed by atoms with van der Waals surface area (Å²) < 4.78 is 53.3. The minimum absolute atomic E-state index is 0.0162. The number of carbonyl (C=O) groups is 5. The second-order valence-electron chi connectivity index (χ2n) is 18.8. The second kappa shape index (κ2) is 15.7. The molecule has 0 radical (unpaired) electrons. The van der Waals surface area contributed by atoms with E-state index in [0.29, 0.717) is 37.1 Å². The van der Waals surface area contributed by atoms with E-state index in [2.05, 4.69) is 10.6 Å². The average molecular weight is 863 g/mol. The molecule has 5 fully saturated rings. The van der Waals surface area contributed by atoms with E-state index >= 15 is 8.78 Å². The summed E-state index contributed by atoms with van der Waals surface area (Å²) in [5, 5.41) is 18.3. The fourth-order valence-corrected chi connectivity index (χ4v) is 12.0. The Hall–Kier alpha value is -4.96. The molecule has 8 rings (SSSR count). The van der Waals surface area contributed by atoms with Gasteiger partial charge < -0.3 is 39.4 Å². The molecule has 14 nitrogen and oxygen atoms in total. The van der Waals surface area contributed by atoms with Crippen molar-refractivity contribution in [2.75, 3.05) is 44.8 Å². The first-order valence-corrected chi connectivity index (χ1v) is 21.7. The van der Waals surface area contributed by atoms with Crippen LogP contribution in [-0.2, 0) is 28.7 Å². The van der Waals surface area contributed by atoms with Crippen LogP contribution in [0.5, 0.6) is 5.75 Å². The standard InChI is InChI=1S/C46H56F2N4O10/c1-24-17-33-32-10-7-27-18-29(54)11-13-43(27,4)45(32,48)36(20-44(33,5)46(24,59)35(55)23-61-26(3)53)62-37(56)12-14-50-42(58)31-22-52(28-8-9-28)38-30(40(31)57)19-34(47)39(41(38)60-6)51-16-15-49-25(2)21-51/h11,13,18-19,22,24-25,28,32-33,36,49,59H,7-10,12,14-17,20-21,23H2,1-6H3,(H,50,58)/t24-,25?,32?,33?,36-,43-,44-,45-,46-/m0/s1. The minimum Gasteiger partial charge on any atom is -0.492 e. The lowest BCUT2D eigenvalue weighted by atomic mass is 9.44. The highest BCUT2D eigenvalue weighted by Gasteiger charge is 2.76. The van der Waals surface area contributed by atoms with Crippen LogP contribution in [-0.4, -0.2) is 102 Å². The third-order valence-electron chi connectivity index (χ3n) is 15.2. The number of esters is 2. The topological polar surface area (TPSA) is 183 Å². The van der Waals surface area contributed by atoms with E-state index in [9.17, 15) is 33.9 Å². The summed E-state index contributed by atoms with van der Waals surface area (Å²) in [6.07, 6.45) is 6.02. The summed E-state index contributed by atoms with van der Waals surface area (Å²) in [5.74, 6) is -5.81. The number of pyridine rings is 1. The Morgan fingerprint density at radius 1 is 1.10 bits per heavy atom. The molecule has 1 aromatic carbocycles. The number of fused-ring (bicyclic) bond motifs is 6. The zero-order chi connectivity index (χ0) is 44.7. The van der Waals surface area contributed by atoms with E-state index < -0.39 is 93.9 Å². The number of methoxy groups -OCH3 is 1. The lowest BCUT2D eigenvalue weighted by molar-refractivity contribution is -0.230. The molecule has 62 heavy (non-hydrogen) atoms. The summed E-state index contributed by atoms with van der Waals surface area (Å²) in [5.41, 5.74) is -6.73. The zero-order valence-corrected chi connectivity index (χ0v) is 36.1. The van der Waals surface area contributed by atoms with Crippen molar-refractivity contribution in [1.82, 2.24) is 15.2 Å². The SMILES string of the molecule is COc1c(N2CCNC(C)C2)c(F)cc2c(=O)c(C(=O)NCCC(=O)O[C@H]3C[C@@]4(C)C(C[C@H](C)[C@]4(O)C(=O)COC(C)=O)C4CCC5=CC(=O)C=C[C@]5(C)[C@]43F)cn(C3CC3)c12. The van der Waals surface area contributed by atoms with Gasteiger partial charge in [0, 0.05) is 68.1 Å². The van der Waals surface area contributed by atoms with Gasteiger partial charge >= 0.3 is 11.9 Å². The molecule has 1 saturated heterocycles. The highest BCUT2D eigenvalue weighted by atomic mass is 19.1. The lowest BCUT2D eigenvalue weighted by Crippen LogP contribution is -2.70. The monoisotopic (exact) mass is 862 g/mol. The van der Waals surface area contributed by atoms with Crippen LogP contribution >= 0.6 is 0 Å². The van der Waals surface area contributed by atoms with Gasteiger partial charge in [-0.25, -0.2) is 8.78 Å². The van der Waals surface area contributed by atoms with Crippen LogP contribution in [0.3, 0.4) is 0 Å². The lowest BCUT2D eigenvalue weighted by Gasteiger charge is -2.63. The van der Waals surface area contributed by atoms with Gasteiger partial charge in [-0.3, -0.25) is 28.8 Å². The first kappa shape index (κ1) is 43.7. The average Bonchev–Trinajstić information content (AvgIpc) is 4.04. The van der Waals surface area contributed by atoms with Crippen molar-refractivity contribution in [3.63, 3.8) is 0 Å². The number of piperazine rings is 1. The molecule has 1 aliphatic heterocycles. The molecule has 1 aromatic heterocycles. The number of nitrogens with zero attached hydrogens (tertiary/aromatic N) is 2. The van der Waals surface area contributed by atoms with Crippen LogP contribution < -0.4 is 25.7 Å². The number of ketones is 2. The number of hydrogen-bond donors (Lipinski definition) is 3. The highest BCUT2D eigenvalue weighted by Crippen LogP contribution is 2.71. The molecule has 0 bridgehead atoms. The first-order chi connectivity index (χ1) is 29.3. The minimum atomic E-state index is -2.26. The Balaban J connectivity index is 1.06. The van der Waals surface area contributed by atoms with Crippen molar-refractivity contribution >= 4 is 46.0 Å². The maximum atomic E-state index is 18.6. The maximum Gasteiger partial charge on any atom is 0.307 e.